The summed E-state index contributed by atoms with van der Waals surface area (Å²) >= 11 is 9.55. The summed E-state index contributed by atoms with van der Waals surface area (Å²) in [6.07, 6.45) is -3.37. The average molecular weight is 626 g/mol. The van der Waals surface area contributed by atoms with Gasteiger partial charge in [-0.05, 0) is 48.5 Å². The van der Waals surface area contributed by atoms with E-state index in [2.05, 4.69) is 15.9 Å². The van der Waals surface area contributed by atoms with Gasteiger partial charge in [0.2, 0.25) is 5.75 Å². The molecule has 15 heteroatoms. The molecule has 0 aromatic heterocycles. The zero-order valence-corrected chi connectivity index (χ0v) is 21.7. The Labute approximate surface area is 229 Å². The molecule has 0 unspecified atom stereocenters. The molecule has 1 aliphatic heterocycles. The first-order valence-electron chi connectivity index (χ1n) is 10.2. The number of hydrogen-bond acceptors (Lipinski definition) is 8. The highest BCUT2D eigenvalue weighted by atomic mass is 79.9. The predicted molar refractivity (Wildman–Crippen MR) is 141 cm³/mol. The molecule has 0 atom stereocenters. The Hall–Kier alpha value is -3.82. The van der Waals surface area contributed by atoms with Crippen LogP contribution in [0.4, 0.5) is 30.2 Å². The molecule has 3 aromatic rings. The molecule has 1 aliphatic rings. The number of amides is 1. The van der Waals surface area contributed by atoms with Crippen LogP contribution >= 0.6 is 39.9 Å². The van der Waals surface area contributed by atoms with Gasteiger partial charge in [0.1, 0.15) is 5.75 Å². The number of nitro benzene ring substituents is 2. The molecule has 0 bridgehead atoms. The molecule has 0 spiro atoms. The Bertz CT molecular complexity index is 1530. The number of hydrogen-bond donors (Lipinski definition) is 0. The van der Waals surface area contributed by atoms with Crippen LogP contribution in [0.3, 0.4) is 0 Å². The predicted octanol–water partition coefficient (Wildman–Crippen LogP) is 7.48. The second kappa shape index (κ2) is 10.5. The van der Waals surface area contributed by atoms with E-state index < -0.39 is 38.9 Å². The zero-order chi connectivity index (χ0) is 27.8. The van der Waals surface area contributed by atoms with E-state index in [0.717, 1.165) is 17.8 Å². The lowest BCUT2D eigenvalue weighted by Crippen LogP contribution is -2.27. The Morgan fingerprint density at radius 2 is 1.63 bits per heavy atom. The Balaban J connectivity index is 1.69. The number of anilines is 1. The van der Waals surface area contributed by atoms with Crippen LogP contribution < -0.4 is 9.64 Å². The van der Waals surface area contributed by atoms with Gasteiger partial charge in [-0.25, -0.2) is 0 Å². The van der Waals surface area contributed by atoms with Crippen molar-refractivity contribution >= 4 is 73.3 Å². The van der Waals surface area contributed by atoms with Crippen molar-refractivity contribution in [1.82, 2.24) is 0 Å². The highest BCUT2D eigenvalue weighted by Crippen LogP contribution is 2.41. The highest BCUT2D eigenvalue weighted by molar-refractivity contribution is 9.10. The first kappa shape index (κ1) is 27.2. The van der Waals surface area contributed by atoms with E-state index in [9.17, 15) is 38.2 Å². The standard InChI is InChI=1S/C23H11BrF3N3O6S2/c24-14-2-8-18(36-19-7-1-13(23(25,26)27)11-17(19)30(34)35)12(9-14)10-20-21(31)28(22(37)38-20)15-3-5-16(6-4-15)29(32)33/h1-11H/b20-10-. The molecule has 1 saturated heterocycles. The first-order valence-corrected chi connectivity index (χ1v) is 12.2. The number of carbonyl (C=O) groups is 1. The third-order valence-corrected chi connectivity index (χ3v) is 6.87. The molecule has 9 nitrogen and oxygen atoms in total. The highest BCUT2D eigenvalue weighted by Gasteiger charge is 2.35. The molecule has 4 rings (SSSR count). The number of non-ortho nitro benzene ring substituents is 1. The normalized spacial score (nSPS) is 14.7. The van der Waals surface area contributed by atoms with Crippen molar-refractivity contribution in [2.45, 2.75) is 6.18 Å². The fraction of sp³-hybridized carbons (Fsp3) is 0.0435. The van der Waals surface area contributed by atoms with E-state index in [0.29, 0.717) is 22.3 Å². The van der Waals surface area contributed by atoms with Crippen molar-refractivity contribution < 1.29 is 32.5 Å². The summed E-state index contributed by atoms with van der Waals surface area (Å²) < 4.78 is 45.5. The number of rotatable bonds is 6. The van der Waals surface area contributed by atoms with Crippen LogP contribution in [-0.4, -0.2) is 20.1 Å². The molecule has 0 radical (unpaired) electrons. The van der Waals surface area contributed by atoms with Gasteiger partial charge in [0, 0.05) is 28.2 Å². The van der Waals surface area contributed by atoms with Crippen molar-refractivity contribution in [1.29, 1.82) is 0 Å². The summed E-state index contributed by atoms with van der Waals surface area (Å²) in [5.74, 6) is -0.935. The number of ether oxygens (including phenoxy) is 1. The third-order valence-electron chi connectivity index (χ3n) is 5.07. The first-order chi connectivity index (χ1) is 17.8. The van der Waals surface area contributed by atoms with E-state index in [1.54, 1.807) is 12.1 Å². The SMILES string of the molecule is O=C1/C(=C/c2cc(Br)ccc2Oc2ccc(C(F)(F)F)cc2[N+](=O)[O-])SC(=S)N1c1ccc([N+](=O)[O-])cc1. The average Bonchev–Trinajstić information content (AvgIpc) is 3.12. The quantitative estimate of drug-likeness (QED) is 0.120. The maximum Gasteiger partial charge on any atom is 0.416 e. The minimum Gasteiger partial charge on any atom is -0.449 e. The molecule has 38 heavy (non-hydrogen) atoms. The second-order valence-corrected chi connectivity index (χ2v) is 10.1. The minimum absolute atomic E-state index is 0.0247. The number of nitrogens with zero attached hydrogens (tertiary/aromatic N) is 3. The zero-order valence-electron chi connectivity index (χ0n) is 18.5. The molecule has 3 aromatic carbocycles. The number of nitro groups is 2. The largest absolute Gasteiger partial charge is 0.449 e. The van der Waals surface area contributed by atoms with Gasteiger partial charge in [0.05, 0.1) is 26.0 Å². The molecule has 1 heterocycles. The number of alkyl halides is 3. The second-order valence-electron chi connectivity index (χ2n) is 7.51. The van der Waals surface area contributed by atoms with Crippen LogP contribution in [0, 0.1) is 20.2 Å². The van der Waals surface area contributed by atoms with Gasteiger partial charge in [0.25, 0.3) is 11.6 Å². The molecular weight excluding hydrogens is 615 g/mol. The van der Waals surface area contributed by atoms with Gasteiger partial charge in [-0.3, -0.25) is 29.9 Å². The minimum atomic E-state index is -4.79. The van der Waals surface area contributed by atoms with Gasteiger partial charge in [-0.1, -0.05) is 39.9 Å². The Kier molecular flexibility index (Phi) is 7.53. The van der Waals surface area contributed by atoms with Crippen LogP contribution in [0.2, 0.25) is 0 Å². The Morgan fingerprint density at radius 3 is 2.24 bits per heavy atom. The van der Waals surface area contributed by atoms with Crippen LogP contribution in [0.1, 0.15) is 11.1 Å². The molecule has 0 saturated carbocycles. The number of carbonyl (C=O) groups excluding carboxylic acids is 1. The van der Waals surface area contributed by atoms with Crippen LogP contribution in [0.15, 0.2) is 70.0 Å². The fourth-order valence-corrected chi connectivity index (χ4v) is 4.99. The summed E-state index contributed by atoms with van der Waals surface area (Å²) in [6.45, 7) is 0. The van der Waals surface area contributed by atoms with Crippen molar-refractivity contribution in [3.63, 3.8) is 0 Å². The summed E-state index contributed by atoms with van der Waals surface area (Å²) in [4.78, 5) is 35.3. The number of thioether (sulfide) groups is 1. The van der Waals surface area contributed by atoms with Crippen LogP contribution in [0.5, 0.6) is 11.5 Å². The molecule has 0 N–H and O–H groups in total. The number of halogens is 4. The van der Waals surface area contributed by atoms with Gasteiger partial charge in [-0.15, -0.1) is 0 Å². The van der Waals surface area contributed by atoms with Gasteiger partial charge in [-0.2, -0.15) is 13.2 Å². The van der Waals surface area contributed by atoms with Gasteiger partial charge >= 0.3 is 11.9 Å². The monoisotopic (exact) mass is 625 g/mol. The molecule has 0 aliphatic carbocycles. The summed E-state index contributed by atoms with van der Waals surface area (Å²) in [7, 11) is 0. The molecular formula is C23H11BrF3N3O6S2. The van der Waals surface area contributed by atoms with E-state index in [1.165, 1.54) is 41.3 Å². The number of thiocarbonyl (C=S) groups is 1. The van der Waals surface area contributed by atoms with Gasteiger partial charge in [0.15, 0.2) is 4.32 Å². The lowest BCUT2D eigenvalue weighted by Gasteiger charge is -2.14. The van der Waals surface area contributed by atoms with Crippen molar-refractivity contribution in [3.8, 4) is 11.5 Å². The van der Waals surface area contributed by atoms with Crippen molar-refractivity contribution in [2.75, 3.05) is 4.90 Å². The topological polar surface area (TPSA) is 116 Å². The lowest BCUT2D eigenvalue weighted by molar-refractivity contribution is -0.385. The van der Waals surface area contributed by atoms with Crippen LogP contribution in [0.25, 0.3) is 6.08 Å². The molecule has 1 amide bonds. The van der Waals surface area contributed by atoms with E-state index in [4.69, 9.17) is 17.0 Å². The van der Waals surface area contributed by atoms with Gasteiger partial charge < -0.3 is 4.74 Å². The van der Waals surface area contributed by atoms with E-state index >= 15 is 0 Å². The smallest absolute Gasteiger partial charge is 0.416 e. The maximum atomic E-state index is 13.1. The Morgan fingerprint density at radius 1 is 0.974 bits per heavy atom. The maximum absolute atomic E-state index is 13.1. The third kappa shape index (κ3) is 5.69. The number of benzene rings is 3. The summed E-state index contributed by atoms with van der Waals surface area (Å²) in [5.41, 5.74) is -1.67. The van der Waals surface area contributed by atoms with E-state index in [-0.39, 0.29) is 26.2 Å². The van der Waals surface area contributed by atoms with Crippen LogP contribution in [-0.2, 0) is 11.0 Å². The van der Waals surface area contributed by atoms with Crippen molar-refractivity contribution in [2.24, 2.45) is 0 Å². The molecule has 1 fully saturated rings. The summed E-state index contributed by atoms with van der Waals surface area (Å²) in [6, 6.07) is 11.6. The lowest BCUT2D eigenvalue weighted by atomic mass is 10.1. The fourth-order valence-electron chi connectivity index (χ4n) is 3.32. The summed E-state index contributed by atoms with van der Waals surface area (Å²) in [5, 5.41) is 22.4. The van der Waals surface area contributed by atoms with Crippen molar-refractivity contribution in [3.05, 3.63) is 101 Å². The van der Waals surface area contributed by atoms with E-state index in [1.807, 2.05) is 0 Å². The molecule has 194 valence electrons.